The zero-order chi connectivity index (χ0) is 14.6. The van der Waals surface area contributed by atoms with Gasteiger partial charge in [-0.2, -0.15) is 0 Å². The molecule has 5 heteroatoms. The molecule has 0 amide bonds. The number of hydrogen-bond acceptors (Lipinski definition) is 3. The summed E-state index contributed by atoms with van der Waals surface area (Å²) in [7, 11) is 0. The first kappa shape index (κ1) is 14.9. The second kappa shape index (κ2) is 6.31. The van der Waals surface area contributed by atoms with Gasteiger partial charge in [-0.05, 0) is 44.4 Å². The van der Waals surface area contributed by atoms with Gasteiger partial charge in [0.2, 0.25) is 0 Å². The lowest BCUT2D eigenvalue weighted by Gasteiger charge is -2.35. The quantitative estimate of drug-likeness (QED) is 0.863. The van der Waals surface area contributed by atoms with E-state index in [9.17, 15) is 13.6 Å². The van der Waals surface area contributed by atoms with Crippen LogP contribution in [0, 0.1) is 17.0 Å². The Hall–Kier alpha value is -1.49. The van der Waals surface area contributed by atoms with Crippen LogP contribution in [-0.4, -0.2) is 25.7 Å². The van der Waals surface area contributed by atoms with Gasteiger partial charge in [-0.3, -0.25) is 4.79 Å². The van der Waals surface area contributed by atoms with E-state index in [1.54, 1.807) is 6.92 Å². The highest BCUT2D eigenvalue weighted by Crippen LogP contribution is 2.33. The molecule has 1 fully saturated rings. The van der Waals surface area contributed by atoms with Crippen LogP contribution in [0.1, 0.15) is 25.3 Å². The van der Waals surface area contributed by atoms with Gasteiger partial charge in [0.25, 0.3) is 0 Å². The fraction of sp³-hybridized carbons (Fsp3) is 0.533. The van der Waals surface area contributed by atoms with Gasteiger partial charge < -0.3 is 10.1 Å². The Morgan fingerprint density at radius 3 is 2.85 bits per heavy atom. The zero-order valence-electron chi connectivity index (χ0n) is 11.5. The molecule has 1 N–H and O–H groups in total. The minimum atomic E-state index is -0.757. The molecule has 1 aromatic carbocycles. The second-order valence-electron chi connectivity index (χ2n) is 5.19. The number of hydrogen-bond donors (Lipinski definition) is 1. The van der Waals surface area contributed by atoms with E-state index in [1.165, 1.54) is 12.1 Å². The van der Waals surface area contributed by atoms with Crippen molar-refractivity contribution in [1.82, 2.24) is 5.32 Å². The number of rotatable bonds is 4. The van der Waals surface area contributed by atoms with Crippen molar-refractivity contribution in [2.45, 2.75) is 26.2 Å². The van der Waals surface area contributed by atoms with Gasteiger partial charge in [-0.1, -0.05) is 6.07 Å². The number of halogens is 2. The zero-order valence-corrected chi connectivity index (χ0v) is 11.5. The Kier molecular flexibility index (Phi) is 4.70. The molecule has 0 unspecified atom stereocenters. The summed E-state index contributed by atoms with van der Waals surface area (Å²) in [5.41, 5.74) is -0.407. The van der Waals surface area contributed by atoms with E-state index < -0.39 is 17.0 Å². The number of ether oxygens (including phenoxy) is 1. The summed E-state index contributed by atoms with van der Waals surface area (Å²) in [6.45, 7) is 3.35. The number of carbonyl (C=O) groups excluding carboxylic acids is 1. The summed E-state index contributed by atoms with van der Waals surface area (Å²) >= 11 is 0. The first-order valence-corrected chi connectivity index (χ1v) is 6.89. The van der Waals surface area contributed by atoms with Crippen LogP contribution in [0.25, 0.3) is 0 Å². The van der Waals surface area contributed by atoms with Crippen LogP contribution in [-0.2, 0) is 16.0 Å². The molecule has 0 aromatic heterocycles. The Labute approximate surface area is 117 Å². The van der Waals surface area contributed by atoms with Gasteiger partial charge in [-0.25, -0.2) is 8.78 Å². The maximum atomic E-state index is 13.8. The lowest BCUT2D eigenvalue weighted by Crippen LogP contribution is -2.48. The fourth-order valence-corrected chi connectivity index (χ4v) is 2.68. The predicted octanol–water partition coefficient (Wildman–Crippen LogP) is 2.44. The van der Waals surface area contributed by atoms with Gasteiger partial charge >= 0.3 is 5.97 Å². The molecule has 1 saturated heterocycles. The Balaban J connectivity index is 2.25. The highest BCUT2D eigenvalue weighted by atomic mass is 19.1. The molecule has 0 saturated carbocycles. The van der Waals surface area contributed by atoms with Crippen molar-refractivity contribution in [3.8, 4) is 0 Å². The molecule has 1 aliphatic rings. The van der Waals surface area contributed by atoms with Crippen LogP contribution in [0.3, 0.4) is 0 Å². The normalized spacial score (nSPS) is 22.6. The SMILES string of the molecule is CCOC(=O)[C@]1(Cc2ccc(F)cc2F)CCCNC1. The molecule has 1 aromatic rings. The third-order valence-corrected chi connectivity index (χ3v) is 3.72. The molecule has 1 atom stereocenters. The van der Waals surface area contributed by atoms with Crippen LogP contribution in [0.2, 0.25) is 0 Å². The molecular weight excluding hydrogens is 264 g/mol. The fourth-order valence-electron chi connectivity index (χ4n) is 2.68. The smallest absolute Gasteiger partial charge is 0.313 e. The Bertz CT molecular complexity index is 485. The first-order valence-electron chi connectivity index (χ1n) is 6.89. The number of benzene rings is 1. The monoisotopic (exact) mass is 283 g/mol. The Morgan fingerprint density at radius 1 is 1.45 bits per heavy atom. The molecule has 3 nitrogen and oxygen atoms in total. The van der Waals surface area contributed by atoms with E-state index in [0.717, 1.165) is 19.0 Å². The number of nitrogens with one attached hydrogen (secondary N) is 1. The summed E-state index contributed by atoms with van der Waals surface area (Å²) < 4.78 is 31.9. The lowest BCUT2D eigenvalue weighted by atomic mass is 9.75. The predicted molar refractivity (Wildman–Crippen MR) is 71.2 cm³/mol. The molecule has 110 valence electrons. The summed E-state index contributed by atoms with van der Waals surface area (Å²) in [4.78, 5) is 12.2. The highest BCUT2D eigenvalue weighted by molar-refractivity contribution is 5.77. The molecule has 0 aliphatic carbocycles. The van der Waals surface area contributed by atoms with Gasteiger partial charge in [0, 0.05) is 12.6 Å². The molecule has 2 rings (SSSR count). The van der Waals surface area contributed by atoms with E-state index in [-0.39, 0.29) is 12.4 Å². The molecule has 0 radical (unpaired) electrons. The third-order valence-electron chi connectivity index (χ3n) is 3.72. The van der Waals surface area contributed by atoms with Crippen molar-refractivity contribution in [2.75, 3.05) is 19.7 Å². The van der Waals surface area contributed by atoms with Crippen molar-refractivity contribution in [3.05, 3.63) is 35.4 Å². The molecule has 1 aliphatic heterocycles. The summed E-state index contributed by atoms with van der Waals surface area (Å²) in [5.74, 6) is -1.53. The van der Waals surface area contributed by atoms with Crippen LogP contribution in [0.4, 0.5) is 8.78 Å². The van der Waals surface area contributed by atoms with Crippen LogP contribution < -0.4 is 5.32 Å². The van der Waals surface area contributed by atoms with Gasteiger partial charge in [0.05, 0.1) is 12.0 Å². The minimum Gasteiger partial charge on any atom is -0.466 e. The van der Waals surface area contributed by atoms with Crippen molar-refractivity contribution < 1.29 is 18.3 Å². The van der Waals surface area contributed by atoms with Crippen molar-refractivity contribution in [3.63, 3.8) is 0 Å². The summed E-state index contributed by atoms with van der Waals surface area (Å²) in [6, 6.07) is 3.47. The average Bonchev–Trinajstić information content (AvgIpc) is 2.43. The van der Waals surface area contributed by atoms with E-state index in [2.05, 4.69) is 5.32 Å². The number of esters is 1. The third kappa shape index (κ3) is 3.15. The summed E-state index contributed by atoms with van der Waals surface area (Å²) in [5, 5.41) is 3.17. The highest BCUT2D eigenvalue weighted by Gasteiger charge is 2.41. The van der Waals surface area contributed by atoms with Gasteiger partial charge in [-0.15, -0.1) is 0 Å². The maximum Gasteiger partial charge on any atom is 0.313 e. The topological polar surface area (TPSA) is 38.3 Å². The second-order valence-corrected chi connectivity index (χ2v) is 5.19. The average molecular weight is 283 g/mol. The summed E-state index contributed by atoms with van der Waals surface area (Å²) in [6.07, 6.45) is 1.71. The molecule has 20 heavy (non-hydrogen) atoms. The molecular formula is C15H19F2NO2. The van der Waals surface area contributed by atoms with Gasteiger partial charge in [0.1, 0.15) is 11.6 Å². The Morgan fingerprint density at radius 2 is 2.25 bits per heavy atom. The van der Waals surface area contributed by atoms with Crippen molar-refractivity contribution in [2.24, 2.45) is 5.41 Å². The van der Waals surface area contributed by atoms with Crippen molar-refractivity contribution >= 4 is 5.97 Å². The molecule has 0 spiro atoms. The van der Waals surface area contributed by atoms with Crippen LogP contribution >= 0.6 is 0 Å². The number of carbonyl (C=O) groups is 1. The minimum absolute atomic E-state index is 0.227. The molecule has 1 heterocycles. The lowest BCUT2D eigenvalue weighted by molar-refractivity contribution is -0.156. The molecule has 0 bridgehead atoms. The van der Waals surface area contributed by atoms with E-state index in [4.69, 9.17) is 4.74 Å². The van der Waals surface area contributed by atoms with Crippen LogP contribution in [0.15, 0.2) is 18.2 Å². The maximum absolute atomic E-state index is 13.8. The van der Waals surface area contributed by atoms with E-state index in [0.29, 0.717) is 25.1 Å². The van der Waals surface area contributed by atoms with E-state index in [1.807, 2.05) is 0 Å². The standard InChI is InChI=1S/C15H19F2NO2/c1-2-20-14(19)15(6-3-7-18-10-15)9-11-4-5-12(16)8-13(11)17/h4-5,8,18H,2-3,6-7,9-10H2,1H3/t15-/m0/s1. The first-order chi connectivity index (χ1) is 9.57. The van der Waals surface area contributed by atoms with Gasteiger partial charge in [0.15, 0.2) is 0 Å². The van der Waals surface area contributed by atoms with E-state index >= 15 is 0 Å². The number of piperidine rings is 1. The largest absolute Gasteiger partial charge is 0.466 e. The van der Waals surface area contributed by atoms with Crippen molar-refractivity contribution in [1.29, 1.82) is 0 Å². The van der Waals surface area contributed by atoms with Crippen LogP contribution in [0.5, 0.6) is 0 Å².